The van der Waals surface area contributed by atoms with Crippen molar-refractivity contribution < 1.29 is 32.3 Å². The Balaban J connectivity index is 1.89. The van der Waals surface area contributed by atoms with Crippen LogP contribution in [0.4, 0.5) is 13.2 Å². The molecule has 0 heterocycles. The minimum atomic E-state index is -4.53. The van der Waals surface area contributed by atoms with Crippen molar-refractivity contribution in [3.63, 3.8) is 0 Å². The van der Waals surface area contributed by atoms with E-state index >= 15 is 0 Å². The highest BCUT2D eigenvalue weighted by Crippen LogP contribution is 2.30. The SMILES string of the molecule is CCCCCCCCCCCCNC(=O)c1ccc(CN(Cc2cccc(C(F)(F)F)c2)C(=O)C(=O)OCC)cc1. The van der Waals surface area contributed by atoms with Crippen molar-refractivity contribution in [2.24, 2.45) is 0 Å². The third-order valence-corrected chi connectivity index (χ3v) is 6.77. The molecule has 0 aliphatic carbocycles. The van der Waals surface area contributed by atoms with Crippen LogP contribution in [0.3, 0.4) is 0 Å². The second-order valence-corrected chi connectivity index (χ2v) is 10.2. The Bertz CT molecular complexity index is 1090. The van der Waals surface area contributed by atoms with Gasteiger partial charge in [0.25, 0.3) is 5.91 Å². The van der Waals surface area contributed by atoms with Gasteiger partial charge in [0.1, 0.15) is 0 Å². The Morgan fingerprint density at radius 1 is 0.780 bits per heavy atom. The second-order valence-electron chi connectivity index (χ2n) is 10.2. The molecule has 0 saturated carbocycles. The molecule has 2 amide bonds. The molecule has 2 aromatic carbocycles. The molecule has 1 N–H and O–H groups in total. The zero-order chi connectivity index (χ0) is 30.1. The molecule has 226 valence electrons. The van der Waals surface area contributed by atoms with Crippen LogP contribution in [0.1, 0.15) is 105 Å². The number of carbonyl (C=O) groups is 3. The third kappa shape index (κ3) is 12.8. The summed E-state index contributed by atoms with van der Waals surface area (Å²) >= 11 is 0. The number of alkyl halides is 3. The molecule has 41 heavy (non-hydrogen) atoms. The maximum Gasteiger partial charge on any atom is 0.416 e. The van der Waals surface area contributed by atoms with E-state index in [2.05, 4.69) is 12.2 Å². The highest BCUT2D eigenvalue weighted by Gasteiger charge is 2.31. The van der Waals surface area contributed by atoms with Crippen molar-refractivity contribution in [3.8, 4) is 0 Å². The summed E-state index contributed by atoms with van der Waals surface area (Å²) in [7, 11) is 0. The van der Waals surface area contributed by atoms with E-state index in [-0.39, 0.29) is 31.2 Å². The zero-order valence-electron chi connectivity index (χ0n) is 24.2. The lowest BCUT2D eigenvalue weighted by molar-refractivity contribution is -0.160. The van der Waals surface area contributed by atoms with Gasteiger partial charge in [0.15, 0.2) is 0 Å². The van der Waals surface area contributed by atoms with Crippen LogP contribution in [0.2, 0.25) is 0 Å². The van der Waals surface area contributed by atoms with Gasteiger partial charge in [-0.2, -0.15) is 13.2 Å². The summed E-state index contributed by atoms with van der Waals surface area (Å²) in [4.78, 5) is 38.5. The number of hydrogen-bond acceptors (Lipinski definition) is 4. The summed E-state index contributed by atoms with van der Waals surface area (Å²) in [5.74, 6) is -2.24. The maximum atomic E-state index is 13.2. The van der Waals surface area contributed by atoms with E-state index in [0.717, 1.165) is 29.9 Å². The van der Waals surface area contributed by atoms with Gasteiger partial charge in [-0.05, 0) is 48.7 Å². The van der Waals surface area contributed by atoms with Crippen LogP contribution in [0.5, 0.6) is 0 Å². The molecule has 0 unspecified atom stereocenters. The first kappa shape index (κ1) is 33.8. The van der Waals surface area contributed by atoms with E-state index in [1.54, 1.807) is 31.2 Å². The number of ether oxygens (including phenoxy) is 1. The number of carbonyl (C=O) groups excluding carboxylic acids is 3. The van der Waals surface area contributed by atoms with Crippen LogP contribution in [0, 0.1) is 0 Å². The molecule has 2 rings (SSSR count). The smallest absolute Gasteiger partial charge is 0.416 e. The van der Waals surface area contributed by atoms with Crippen molar-refractivity contribution in [2.75, 3.05) is 13.2 Å². The first-order valence-corrected chi connectivity index (χ1v) is 14.6. The monoisotopic (exact) mass is 576 g/mol. The molecule has 0 aliphatic rings. The lowest BCUT2D eigenvalue weighted by atomic mass is 10.1. The van der Waals surface area contributed by atoms with E-state index in [4.69, 9.17) is 4.74 Å². The molecule has 0 aliphatic heterocycles. The predicted molar refractivity (Wildman–Crippen MR) is 153 cm³/mol. The van der Waals surface area contributed by atoms with Crippen LogP contribution in [-0.2, 0) is 33.6 Å². The fraction of sp³-hybridized carbons (Fsp3) is 0.531. The Kier molecular flexibility index (Phi) is 15.0. The van der Waals surface area contributed by atoms with Crippen molar-refractivity contribution in [1.82, 2.24) is 10.2 Å². The summed E-state index contributed by atoms with van der Waals surface area (Å²) in [6.07, 6.45) is 7.65. The van der Waals surface area contributed by atoms with Crippen LogP contribution in [0.25, 0.3) is 0 Å². The number of rotatable bonds is 17. The Morgan fingerprint density at radius 2 is 1.37 bits per heavy atom. The largest absolute Gasteiger partial charge is 0.459 e. The average Bonchev–Trinajstić information content (AvgIpc) is 2.95. The number of nitrogens with zero attached hydrogens (tertiary/aromatic N) is 1. The van der Waals surface area contributed by atoms with Gasteiger partial charge in [-0.15, -0.1) is 0 Å². The minimum Gasteiger partial charge on any atom is -0.459 e. The zero-order valence-corrected chi connectivity index (χ0v) is 24.2. The first-order valence-electron chi connectivity index (χ1n) is 14.6. The highest BCUT2D eigenvalue weighted by atomic mass is 19.4. The van der Waals surface area contributed by atoms with Crippen LogP contribution in [-0.4, -0.2) is 35.8 Å². The van der Waals surface area contributed by atoms with Gasteiger partial charge in [0.05, 0.1) is 12.2 Å². The number of benzene rings is 2. The van der Waals surface area contributed by atoms with Gasteiger partial charge in [0, 0.05) is 25.2 Å². The highest BCUT2D eigenvalue weighted by molar-refractivity contribution is 6.32. The van der Waals surface area contributed by atoms with Gasteiger partial charge < -0.3 is 15.0 Å². The average molecular weight is 577 g/mol. The van der Waals surface area contributed by atoms with Crippen molar-refractivity contribution in [1.29, 1.82) is 0 Å². The Morgan fingerprint density at radius 3 is 1.95 bits per heavy atom. The van der Waals surface area contributed by atoms with Crippen LogP contribution < -0.4 is 5.32 Å². The van der Waals surface area contributed by atoms with Gasteiger partial charge in [-0.25, -0.2) is 4.79 Å². The number of halogens is 3. The van der Waals surface area contributed by atoms with E-state index in [1.165, 1.54) is 63.5 Å². The quantitative estimate of drug-likeness (QED) is 0.121. The topological polar surface area (TPSA) is 75.7 Å². The molecule has 9 heteroatoms. The number of hydrogen-bond donors (Lipinski definition) is 1. The minimum absolute atomic E-state index is 0.00902. The number of esters is 1. The number of amides is 2. The summed E-state index contributed by atoms with van der Waals surface area (Å²) in [5.41, 5.74) is 0.454. The lowest BCUT2D eigenvalue weighted by Gasteiger charge is -2.22. The van der Waals surface area contributed by atoms with Crippen molar-refractivity contribution in [2.45, 2.75) is 97.3 Å². The van der Waals surface area contributed by atoms with E-state index in [1.807, 2.05) is 0 Å². The maximum absolute atomic E-state index is 13.2. The standard InChI is InChI=1S/C32H43F3N2O4/c1-3-5-6-7-8-9-10-11-12-13-21-36-29(38)27-19-17-25(18-20-27)23-37(30(39)31(40)41-4-2)24-26-15-14-16-28(22-26)32(33,34)35/h14-20,22H,3-13,21,23-24H2,1-2H3,(H,36,38). The van der Waals surface area contributed by atoms with E-state index in [9.17, 15) is 27.6 Å². The van der Waals surface area contributed by atoms with Gasteiger partial charge in [0.2, 0.25) is 0 Å². The summed E-state index contributed by atoms with van der Waals surface area (Å²) < 4.78 is 44.3. The molecular weight excluding hydrogens is 533 g/mol. The molecule has 0 saturated heterocycles. The molecule has 0 atom stereocenters. The van der Waals surface area contributed by atoms with E-state index < -0.39 is 23.6 Å². The normalized spacial score (nSPS) is 11.2. The molecule has 0 fully saturated rings. The summed E-state index contributed by atoms with van der Waals surface area (Å²) in [6, 6.07) is 11.2. The molecule has 0 radical (unpaired) electrons. The fourth-order valence-corrected chi connectivity index (χ4v) is 4.49. The lowest BCUT2D eigenvalue weighted by Crippen LogP contribution is -2.37. The predicted octanol–water partition coefficient (Wildman–Crippen LogP) is 7.45. The molecule has 0 spiro atoms. The Labute approximate surface area is 241 Å². The van der Waals surface area contributed by atoms with Crippen molar-refractivity contribution in [3.05, 3.63) is 70.8 Å². The molecule has 0 bridgehead atoms. The molecule has 2 aromatic rings. The van der Waals surface area contributed by atoms with Gasteiger partial charge in [-0.1, -0.05) is 89.0 Å². The number of nitrogens with one attached hydrogen (secondary N) is 1. The molecular formula is C32H43F3N2O4. The summed E-state index contributed by atoms with van der Waals surface area (Å²) in [5, 5.41) is 2.93. The van der Waals surface area contributed by atoms with Gasteiger partial charge in [-0.3, -0.25) is 9.59 Å². The van der Waals surface area contributed by atoms with Crippen molar-refractivity contribution >= 4 is 17.8 Å². The van der Waals surface area contributed by atoms with Crippen LogP contribution >= 0.6 is 0 Å². The fourth-order valence-electron chi connectivity index (χ4n) is 4.49. The summed E-state index contributed by atoms with van der Waals surface area (Å²) in [6.45, 7) is 4.09. The molecule has 6 nitrogen and oxygen atoms in total. The first-order chi connectivity index (χ1) is 19.7. The molecule has 0 aromatic heterocycles. The third-order valence-electron chi connectivity index (χ3n) is 6.77. The van der Waals surface area contributed by atoms with E-state index in [0.29, 0.717) is 17.7 Å². The van der Waals surface area contributed by atoms with Crippen LogP contribution in [0.15, 0.2) is 48.5 Å². The number of unbranched alkanes of at least 4 members (excludes halogenated alkanes) is 9. The second kappa shape index (κ2) is 18.1. The van der Waals surface area contributed by atoms with Gasteiger partial charge >= 0.3 is 18.1 Å². The Hall–Kier alpha value is -3.36.